The summed E-state index contributed by atoms with van der Waals surface area (Å²) in [7, 11) is 0. The van der Waals surface area contributed by atoms with E-state index in [0.29, 0.717) is 22.7 Å². The molecule has 7 N–H and O–H groups in total. The van der Waals surface area contributed by atoms with E-state index in [1.165, 1.54) is 4.90 Å². The molecule has 0 bridgehead atoms. The summed E-state index contributed by atoms with van der Waals surface area (Å²) in [6, 6.07) is 10.5. The first-order valence-corrected chi connectivity index (χ1v) is 18.4. The zero-order valence-corrected chi connectivity index (χ0v) is 33.1. The van der Waals surface area contributed by atoms with Gasteiger partial charge in [-0.25, -0.2) is 18.4 Å². The lowest BCUT2D eigenvalue weighted by molar-refractivity contribution is -0.192. The van der Waals surface area contributed by atoms with Gasteiger partial charge in [0.1, 0.15) is 30.8 Å². The number of aliphatic carboxylic acids is 2. The second-order valence-corrected chi connectivity index (χ2v) is 14.7. The standard InChI is InChI=1S/C38H44F2N6O8.C2HF3O2/c1-38(2,3)35(30-17-24(26-18-25(39)9-10-27(26)40)20-44(30)19-23-7-5-4-6-8-23)45(34(51)22-47)16-14-28(41)36(52)43-29(37(53)54)13-15-42-31(48)21-46-32(49)11-12-33(46)50;3-2(4,5)1(6)7/h4-12,17-18,20,28-29,35,47H,13-16,19,21-22,41H2,1-3H3,(H,42,48)(H,43,52)(H,53,54);(H,6,7)/t28-,29+,35-;/m0./s1. The van der Waals surface area contributed by atoms with E-state index in [-0.39, 0.29) is 31.5 Å². The normalized spacial score (nSPS) is 14.1. The van der Waals surface area contributed by atoms with Crippen molar-refractivity contribution in [2.75, 3.05) is 26.2 Å². The van der Waals surface area contributed by atoms with Crippen LogP contribution >= 0.6 is 0 Å². The molecule has 1 aliphatic heterocycles. The number of rotatable bonds is 17. The quantitative estimate of drug-likeness (QED) is 0.0852. The number of aromatic nitrogens is 1. The van der Waals surface area contributed by atoms with Crippen molar-refractivity contribution in [3.8, 4) is 11.1 Å². The Bertz CT molecular complexity index is 2100. The van der Waals surface area contributed by atoms with E-state index in [0.717, 1.165) is 35.9 Å². The van der Waals surface area contributed by atoms with E-state index in [9.17, 15) is 56.5 Å². The molecule has 16 nitrogen and oxygen atoms in total. The Kier molecular flexibility index (Phi) is 17.0. The van der Waals surface area contributed by atoms with E-state index >= 15 is 4.39 Å². The highest BCUT2D eigenvalue weighted by Gasteiger charge is 2.39. The predicted molar refractivity (Wildman–Crippen MR) is 206 cm³/mol. The molecular formula is C40H45F5N6O10. The number of alkyl halides is 3. The molecule has 21 heteroatoms. The van der Waals surface area contributed by atoms with Crippen LogP contribution in [0.5, 0.6) is 0 Å². The fraction of sp³-hybridized carbons (Fsp3) is 0.375. The molecule has 330 valence electrons. The average Bonchev–Trinajstić information content (AvgIpc) is 3.73. The molecule has 4 rings (SSSR count). The number of carbonyl (C=O) groups is 7. The largest absolute Gasteiger partial charge is 0.490 e. The van der Waals surface area contributed by atoms with Crippen LogP contribution in [-0.4, -0.2) is 116 Å². The second kappa shape index (κ2) is 21.2. The number of nitrogens with zero attached hydrogens (tertiary/aromatic N) is 3. The fourth-order valence-electron chi connectivity index (χ4n) is 6.19. The van der Waals surface area contributed by atoms with Crippen molar-refractivity contribution >= 4 is 41.5 Å². The first kappa shape index (κ1) is 48.9. The molecule has 0 saturated carbocycles. The van der Waals surface area contributed by atoms with Crippen molar-refractivity contribution in [2.24, 2.45) is 11.1 Å². The highest BCUT2D eigenvalue weighted by Crippen LogP contribution is 2.41. The van der Waals surface area contributed by atoms with Gasteiger partial charge in [-0.15, -0.1) is 0 Å². The molecule has 0 fully saturated rings. The Hall–Kier alpha value is -6.48. The first-order valence-electron chi connectivity index (χ1n) is 18.4. The Morgan fingerprint density at radius 1 is 0.902 bits per heavy atom. The van der Waals surface area contributed by atoms with Crippen LogP contribution < -0.4 is 16.4 Å². The highest BCUT2D eigenvalue weighted by atomic mass is 19.4. The minimum absolute atomic E-state index is 0.0103. The molecule has 0 unspecified atom stereocenters. The number of nitrogens with two attached hydrogens (primary N) is 1. The molecule has 0 aliphatic carbocycles. The maximum absolute atomic E-state index is 15.0. The number of amides is 5. The molecule has 0 spiro atoms. The summed E-state index contributed by atoms with van der Waals surface area (Å²) in [6.45, 7) is 4.05. The number of carboxylic acid groups (broad SMARTS) is 2. The Morgan fingerprint density at radius 3 is 2.05 bits per heavy atom. The van der Waals surface area contributed by atoms with Crippen LogP contribution in [0.2, 0.25) is 0 Å². The molecule has 1 aliphatic rings. The Labute approximate surface area is 345 Å². The monoisotopic (exact) mass is 864 g/mol. The molecule has 2 heterocycles. The summed E-state index contributed by atoms with van der Waals surface area (Å²) in [4.78, 5) is 85.1. The van der Waals surface area contributed by atoms with Gasteiger partial charge in [-0.05, 0) is 48.1 Å². The summed E-state index contributed by atoms with van der Waals surface area (Å²) in [6.07, 6.45) is -1.79. The number of benzene rings is 2. The number of hydrogen-bond acceptors (Lipinski definition) is 9. The SMILES string of the molecule is CC(C)(C)[C@H](c1cc(-c2cc(F)ccc2F)cn1Cc1ccccc1)N(CC[C@H](N)C(=O)N[C@H](CCNC(=O)CN1C(=O)C=CC1=O)C(=O)O)C(=O)CO.O=C(O)C(F)(F)F. The fourth-order valence-corrected chi connectivity index (χ4v) is 6.19. The molecule has 2 aromatic carbocycles. The zero-order chi connectivity index (χ0) is 45.8. The number of halogens is 5. The van der Waals surface area contributed by atoms with Crippen molar-refractivity contribution in [1.29, 1.82) is 0 Å². The number of carbonyl (C=O) groups excluding carboxylic acids is 5. The van der Waals surface area contributed by atoms with Gasteiger partial charge >= 0.3 is 18.1 Å². The van der Waals surface area contributed by atoms with Crippen LogP contribution in [0.3, 0.4) is 0 Å². The van der Waals surface area contributed by atoms with Crippen LogP contribution in [0.25, 0.3) is 11.1 Å². The number of aliphatic hydroxyl groups is 1. The molecule has 5 amide bonds. The van der Waals surface area contributed by atoms with Crippen molar-refractivity contribution in [2.45, 2.75) is 64.5 Å². The molecule has 3 atom stereocenters. The Balaban J connectivity index is 0.00000130. The topological polar surface area (TPSA) is 242 Å². The van der Waals surface area contributed by atoms with E-state index < -0.39 is 96.0 Å². The minimum atomic E-state index is -5.08. The van der Waals surface area contributed by atoms with Crippen LogP contribution in [0.1, 0.15) is 50.9 Å². The second-order valence-electron chi connectivity index (χ2n) is 14.7. The summed E-state index contributed by atoms with van der Waals surface area (Å²) in [5, 5.41) is 31.7. The maximum Gasteiger partial charge on any atom is 0.490 e. The third-order valence-electron chi connectivity index (χ3n) is 9.07. The predicted octanol–water partition coefficient (Wildman–Crippen LogP) is 2.74. The van der Waals surface area contributed by atoms with E-state index in [1.54, 1.807) is 12.3 Å². The van der Waals surface area contributed by atoms with E-state index in [1.807, 2.05) is 55.7 Å². The van der Waals surface area contributed by atoms with Gasteiger partial charge in [-0.2, -0.15) is 13.2 Å². The number of carboxylic acids is 2. The van der Waals surface area contributed by atoms with Gasteiger partial charge in [0.15, 0.2) is 0 Å². The number of hydrogen-bond donors (Lipinski definition) is 6. The third kappa shape index (κ3) is 14.1. The molecule has 0 saturated heterocycles. The van der Waals surface area contributed by atoms with Gasteiger partial charge in [0.05, 0.1) is 12.1 Å². The summed E-state index contributed by atoms with van der Waals surface area (Å²) < 4.78 is 62.9. The van der Waals surface area contributed by atoms with Crippen molar-refractivity contribution < 1.29 is 70.8 Å². The first-order chi connectivity index (χ1) is 28.4. The minimum Gasteiger partial charge on any atom is -0.480 e. The molecule has 1 aromatic heterocycles. The molecule has 0 radical (unpaired) electrons. The van der Waals surface area contributed by atoms with Crippen molar-refractivity contribution in [3.63, 3.8) is 0 Å². The third-order valence-corrected chi connectivity index (χ3v) is 9.07. The number of nitrogens with one attached hydrogen (secondary N) is 2. The van der Waals surface area contributed by atoms with Crippen LogP contribution in [0, 0.1) is 17.0 Å². The summed E-state index contributed by atoms with van der Waals surface area (Å²) in [5.74, 6) is -9.02. The average molecular weight is 865 g/mol. The van der Waals surface area contributed by atoms with E-state index in [2.05, 4.69) is 10.6 Å². The Morgan fingerprint density at radius 2 is 1.51 bits per heavy atom. The summed E-state index contributed by atoms with van der Waals surface area (Å²) >= 11 is 0. The maximum atomic E-state index is 15.0. The van der Waals surface area contributed by atoms with Gasteiger partial charge in [0, 0.05) is 54.8 Å². The molecule has 61 heavy (non-hydrogen) atoms. The number of imide groups is 1. The number of aliphatic hydroxyl groups excluding tert-OH is 1. The van der Waals surface area contributed by atoms with Crippen LogP contribution in [0.15, 0.2) is 72.9 Å². The van der Waals surface area contributed by atoms with Crippen molar-refractivity contribution in [3.05, 3.63) is 95.8 Å². The lowest BCUT2D eigenvalue weighted by atomic mass is 9.82. The summed E-state index contributed by atoms with van der Waals surface area (Å²) in [5.41, 5.74) is 7.26. The lowest BCUT2D eigenvalue weighted by Crippen LogP contribution is -2.51. The van der Waals surface area contributed by atoms with Gasteiger partial charge in [0.25, 0.3) is 11.8 Å². The van der Waals surface area contributed by atoms with Crippen molar-refractivity contribution in [1.82, 2.24) is 25.0 Å². The molecular weight excluding hydrogens is 819 g/mol. The van der Waals surface area contributed by atoms with Crippen LogP contribution in [-0.2, 0) is 40.1 Å². The van der Waals surface area contributed by atoms with Gasteiger partial charge < -0.3 is 41.2 Å². The van der Waals surface area contributed by atoms with Crippen LogP contribution in [0.4, 0.5) is 22.0 Å². The van der Waals surface area contributed by atoms with Gasteiger partial charge in [-0.3, -0.25) is 28.9 Å². The highest BCUT2D eigenvalue weighted by molar-refractivity contribution is 6.14. The van der Waals surface area contributed by atoms with Gasteiger partial charge in [-0.1, -0.05) is 51.1 Å². The zero-order valence-electron chi connectivity index (χ0n) is 33.1. The smallest absolute Gasteiger partial charge is 0.480 e. The van der Waals surface area contributed by atoms with E-state index in [4.69, 9.17) is 15.6 Å². The van der Waals surface area contributed by atoms with Gasteiger partial charge in [0.2, 0.25) is 17.7 Å². The lowest BCUT2D eigenvalue weighted by Gasteiger charge is -2.41. The molecule has 3 aromatic rings.